The van der Waals surface area contributed by atoms with Crippen molar-refractivity contribution in [1.82, 2.24) is 0 Å². The van der Waals surface area contributed by atoms with Crippen LogP contribution in [0.25, 0.3) is 0 Å². The van der Waals surface area contributed by atoms with Crippen LogP contribution in [0.15, 0.2) is 48.5 Å². The fourth-order valence-electron chi connectivity index (χ4n) is 3.90. The van der Waals surface area contributed by atoms with E-state index in [-0.39, 0.29) is 22.4 Å². The highest BCUT2D eigenvalue weighted by molar-refractivity contribution is 6.62. The zero-order chi connectivity index (χ0) is 24.9. The summed E-state index contributed by atoms with van der Waals surface area (Å²) in [6, 6.07) is 17.5. The van der Waals surface area contributed by atoms with Gasteiger partial charge in [0.1, 0.15) is 6.04 Å². The fraction of sp³-hybridized carbons (Fsp3) is 0.500. The Bertz CT molecular complexity index is 1040. The van der Waals surface area contributed by atoms with Gasteiger partial charge >= 0.3 is 14.2 Å². The lowest BCUT2D eigenvalue weighted by molar-refractivity contribution is 0.00578. The number of nitriles is 1. The van der Waals surface area contributed by atoms with Crippen molar-refractivity contribution in [2.24, 2.45) is 0 Å². The summed E-state index contributed by atoms with van der Waals surface area (Å²) in [7, 11) is -0.830. The summed E-state index contributed by atoms with van der Waals surface area (Å²) < 4.78 is 24.5. The maximum Gasteiger partial charge on any atom is 0.494 e. The number of hydrogen-bond acceptors (Lipinski definition) is 6. The maximum absolute atomic E-state index is 9.80. The molecule has 1 N–H and O–H groups in total. The second-order valence-electron chi connectivity index (χ2n) is 11.2. The van der Waals surface area contributed by atoms with Gasteiger partial charge in [0, 0.05) is 5.69 Å². The lowest BCUT2D eigenvalue weighted by atomic mass is 9.78. The molecule has 0 radical (unpaired) electrons. The molecule has 8 heteroatoms. The molecule has 6 nitrogen and oxygen atoms in total. The summed E-state index contributed by atoms with van der Waals surface area (Å²) in [6.07, 6.45) is 0. The van der Waals surface area contributed by atoms with Gasteiger partial charge in [0.25, 0.3) is 0 Å². The molecule has 2 fully saturated rings. The van der Waals surface area contributed by atoms with Crippen molar-refractivity contribution in [2.45, 2.75) is 83.8 Å². The monoisotopic (exact) mass is 460 g/mol. The number of anilines is 1. The topological polar surface area (TPSA) is 72.7 Å². The SMILES string of the molecule is CC1(C)OB(c2ccc(NC(C#N)c3ccc(B4OC(C)(C)C(C)(C)O4)cc3)cc2)OC1(C)C. The molecule has 0 spiro atoms. The van der Waals surface area contributed by atoms with Crippen LogP contribution in [0.3, 0.4) is 0 Å². The molecule has 0 saturated carbocycles. The van der Waals surface area contributed by atoms with Crippen molar-refractivity contribution >= 4 is 30.8 Å². The van der Waals surface area contributed by atoms with Crippen molar-refractivity contribution in [3.8, 4) is 6.07 Å². The van der Waals surface area contributed by atoms with Crippen LogP contribution >= 0.6 is 0 Å². The van der Waals surface area contributed by atoms with Crippen LogP contribution in [0.2, 0.25) is 0 Å². The van der Waals surface area contributed by atoms with Gasteiger partial charge in [-0.3, -0.25) is 0 Å². The van der Waals surface area contributed by atoms with Crippen LogP contribution in [0.5, 0.6) is 0 Å². The minimum atomic E-state index is -0.491. The van der Waals surface area contributed by atoms with Crippen LogP contribution in [0, 0.1) is 11.3 Å². The summed E-state index contributed by atoms with van der Waals surface area (Å²) in [4.78, 5) is 0. The highest BCUT2D eigenvalue weighted by Gasteiger charge is 2.52. The average Bonchev–Trinajstić information content (AvgIpc) is 3.12. The van der Waals surface area contributed by atoms with Crippen molar-refractivity contribution in [3.05, 3.63) is 54.1 Å². The summed E-state index contributed by atoms with van der Waals surface area (Å²) in [6.45, 7) is 16.3. The predicted molar refractivity (Wildman–Crippen MR) is 136 cm³/mol. The van der Waals surface area contributed by atoms with Crippen molar-refractivity contribution < 1.29 is 18.6 Å². The Morgan fingerprint density at radius 3 is 1.35 bits per heavy atom. The molecule has 0 aromatic heterocycles. The first-order valence-corrected chi connectivity index (χ1v) is 11.8. The average molecular weight is 460 g/mol. The summed E-state index contributed by atoms with van der Waals surface area (Å²) in [5.41, 5.74) is 2.06. The van der Waals surface area contributed by atoms with E-state index in [1.807, 2.05) is 104 Å². The van der Waals surface area contributed by atoms with Gasteiger partial charge in [-0.25, -0.2) is 0 Å². The molecule has 2 aromatic rings. The lowest BCUT2D eigenvalue weighted by Crippen LogP contribution is -2.41. The van der Waals surface area contributed by atoms with Crippen molar-refractivity contribution in [1.29, 1.82) is 5.26 Å². The quantitative estimate of drug-likeness (QED) is 0.682. The second kappa shape index (κ2) is 8.42. The van der Waals surface area contributed by atoms with Crippen molar-refractivity contribution in [2.75, 3.05) is 5.32 Å². The van der Waals surface area contributed by atoms with Gasteiger partial charge in [-0.15, -0.1) is 0 Å². The van der Waals surface area contributed by atoms with Crippen LogP contribution in [0.4, 0.5) is 5.69 Å². The molecule has 178 valence electrons. The molecule has 2 heterocycles. The first-order chi connectivity index (χ1) is 15.7. The largest absolute Gasteiger partial charge is 0.494 e. The Balaban J connectivity index is 1.43. The van der Waals surface area contributed by atoms with Gasteiger partial charge in [-0.05, 0) is 84.0 Å². The zero-order valence-corrected chi connectivity index (χ0v) is 21.4. The third kappa shape index (κ3) is 4.50. The third-order valence-electron chi connectivity index (χ3n) is 7.67. The number of nitrogens with zero attached hydrogens (tertiary/aromatic N) is 1. The zero-order valence-electron chi connectivity index (χ0n) is 21.4. The summed E-state index contributed by atoms with van der Waals surface area (Å²) in [5.74, 6) is 0. The molecule has 2 saturated heterocycles. The number of rotatable bonds is 5. The smallest absolute Gasteiger partial charge is 0.399 e. The molecule has 0 bridgehead atoms. The van der Waals surface area contributed by atoms with Gasteiger partial charge in [-0.1, -0.05) is 36.4 Å². The van der Waals surface area contributed by atoms with E-state index in [4.69, 9.17) is 18.6 Å². The van der Waals surface area contributed by atoms with Gasteiger partial charge in [0.15, 0.2) is 0 Å². The first kappa shape index (κ1) is 24.8. The Hall–Kier alpha value is -2.30. The maximum atomic E-state index is 9.80. The predicted octanol–water partition coefficient (Wildman–Crippen LogP) is 3.96. The number of hydrogen-bond donors (Lipinski definition) is 1. The van der Waals surface area contributed by atoms with Crippen LogP contribution in [0.1, 0.15) is 67.0 Å². The molecule has 4 rings (SSSR count). The Morgan fingerprint density at radius 2 is 1.00 bits per heavy atom. The standard InChI is InChI=1S/C26H34B2N2O4/c1-23(2)24(3,4)32-27(31-23)19-11-9-18(10-12-19)22(17-29)30-21-15-13-20(14-16-21)28-33-25(5,6)26(7,8)34-28/h9-16,22,30H,1-8H3. The number of benzene rings is 2. The minimum absolute atomic E-state index is 0.382. The first-order valence-electron chi connectivity index (χ1n) is 11.8. The summed E-state index contributed by atoms with van der Waals surface area (Å²) in [5, 5.41) is 13.1. The van der Waals surface area contributed by atoms with Crippen LogP contribution in [-0.2, 0) is 18.6 Å². The van der Waals surface area contributed by atoms with E-state index >= 15 is 0 Å². The van der Waals surface area contributed by atoms with E-state index < -0.39 is 20.3 Å². The molecule has 2 aliphatic rings. The van der Waals surface area contributed by atoms with Gasteiger partial charge < -0.3 is 23.9 Å². The molecule has 0 aliphatic carbocycles. The third-order valence-corrected chi connectivity index (χ3v) is 7.67. The van der Waals surface area contributed by atoms with Crippen LogP contribution < -0.4 is 16.2 Å². The van der Waals surface area contributed by atoms with E-state index in [1.54, 1.807) is 0 Å². The minimum Gasteiger partial charge on any atom is -0.399 e. The molecule has 2 aromatic carbocycles. The van der Waals surface area contributed by atoms with E-state index in [2.05, 4.69) is 11.4 Å². The van der Waals surface area contributed by atoms with Crippen molar-refractivity contribution in [3.63, 3.8) is 0 Å². The molecular weight excluding hydrogens is 426 g/mol. The lowest BCUT2D eigenvalue weighted by Gasteiger charge is -2.32. The molecule has 1 atom stereocenters. The van der Waals surface area contributed by atoms with E-state index in [0.717, 1.165) is 22.2 Å². The fourth-order valence-corrected chi connectivity index (χ4v) is 3.90. The Kier molecular flexibility index (Phi) is 6.15. The Labute approximate surface area is 204 Å². The number of nitrogens with one attached hydrogen (secondary N) is 1. The van der Waals surface area contributed by atoms with Gasteiger partial charge in [0.2, 0.25) is 0 Å². The second-order valence-corrected chi connectivity index (χ2v) is 11.2. The molecular formula is C26H34B2N2O4. The summed E-state index contributed by atoms with van der Waals surface area (Å²) >= 11 is 0. The molecule has 2 aliphatic heterocycles. The van der Waals surface area contributed by atoms with E-state index in [1.165, 1.54) is 0 Å². The van der Waals surface area contributed by atoms with E-state index in [0.29, 0.717) is 0 Å². The molecule has 0 amide bonds. The normalized spacial score (nSPS) is 22.9. The van der Waals surface area contributed by atoms with Crippen LogP contribution in [-0.4, -0.2) is 36.6 Å². The van der Waals surface area contributed by atoms with E-state index in [9.17, 15) is 5.26 Å². The van der Waals surface area contributed by atoms with Gasteiger partial charge in [-0.2, -0.15) is 5.26 Å². The highest BCUT2D eigenvalue weighted by Crippen LogP contribution is 2.37. The molecule has 1 unspecified atom stereocenters. The molecule has 34 heavy (non-hydrogen) atoms. The Morgan fingerprint density at radius 1 is 0.647 bits per heavy atom. The highest BCUT2D eigenvalue weighted by atomic mass is 16.7. The van der Waals surface area contributed by atoms with Gasteiger partial charge in [0.05, 0.1) is 28.5 Å².